The van der Waals surface area contributed by atoms with E-state index in [1.807, 2.05) is 0 Å². The molecule has 0 bridgehead atoms. The largest absolute Gasteiger partial charge is 0.329 e. The molecule has 4 N–H and O–H groups in total. The highest BCUT2D eigenvalue weighted by Gasteiger charge is 2.12. The molecule has 0 unspecified atom stereocenters. The first-order chi connectivity index (χ1) is 4.63. The molecule has 0 fully saturated rings. The maximum Gasteiger partial charge on any atom is 0.0340 e. The summed E-state index contributed by atoms with van der Waals surface area (Å²) in [4.78, 5) is 2.19. The van der Waals surface area contributed by atoms with Gasteiger partial charge in [-0.15, -0.1) is 0 Å². The molecule has 0 aromatic rings. The lowest BCUT2D eigenvalue weighted by atomic mass is 10.2. The number of hydrogen-bond acceptors (Lipinski definition) is 3. The molecular weight excluding hydrogens is 126 g/mol. The van der Waals surface area contributed by atoms with Crippen molar-refractivity contribution in [1.29, 1.82) is 0 Å². The Kier molecular flexibility index (Phi) is 4.60. The summed E-state index contributed by atoms with van der Waals surface area (Å²) >= 11 is 0. The summed E-state index contributed by atoms with van der Waals surface area (Å²) in [6.07, 6.45) is 0. The fraction of sp³-hybridized carbons (Fsp3) is 1.00. The van der Waals surface area contributed by atoms with Crippen molar-refractivity contribution in [1.82, 2.24) is 4.90 Å². The minimum atomic E-state index is 0.333. The first-order valence-electron chi connectivity index (χ1n) is 3.75. The average molecular weight is 145 g/mol. The Bertz CT molecular complexity index is 78.9. The zero-order chi connectivity index (χ0) is 8.15. The summed E-state index contributed by atoms with van der Waals surface area (Å²) in [6, 6.07) is 0.858. The molecule has 0 aliphatic rings. The lowest BCUT2D eigenvalue weighted by Crippen LogP contribution is -2.46. The van der Waals surface area contributed by atoms with Crippen LogP contribution >= 0.6 is 0 Å². The van der Waals surface area contributed by atoms with Crippen LogP contribution in [0, 0.1) is 0 Å². The summed E-state index contributed by atoms with van der Waals surface area (Å²) in [7, 11) is 2.05. The van der Waals surface area contributed by atoms with Gasteiger partial charge in [-0.05, 0) is 20.9 Å². The number of rotatable bonds is 4. The summed E-state index contributed by atoms with van der Waals surface area (Å²) in [5.74, 6) is 0. The van der Waals surface area contributed by atoms with E-state index in [-0.39, 0.29) is 0 Å². The molecule has 0 aromatic carbocycles. The van der Waals surface area contributed by atoms with Crippen LogP contribution in [0.5, 0.6) is 0 Å². The molecule has 0 heterocycles. The molecule has 0 saturated carbocycles. The predicted octanol–water partition coefficient (Wildman–Crippen LogP) is -0.387. The zero-order valence-corrected chi connectivity index (χ0v) is 7.17. The quantitative estimate of drug-likeness (QED) is 0.566. The lowest BCUT2D eigenvalue weighted by Gasteiger charge is -2.29. The average Bonchev–Trinajstić information content (AvgIpc) is 1.90. The van der Waals surface area contributed by atoms with Gasteiger partial charge < -0.3 is 11.5 Å². The van der Waals surface area contributed by atoms with Crippen LogP contribution in [0.2, 0.25) is 0 Å². The highest BCUT2D eigenvalue weighted by Crippen LogP contribution is 1.98. The molecule has 0 saturated heterocycles. The summed E-state index contributed by atoms with van der Waals surface area (Å²) in [6.45, 7) is 5.56. The van der Waals surface area contributed by atoms with Crippen molar-refractivity contribution in [3.8, 4) is 0 Å². The fourth-order valence-corrected chi connectivity index (χ4v) is 0.850. The maximum absolute atomic E-state index is 5.50. The maximum atomic E-state index is 5.50. The Morgan fingerprint density at radius 3 is 1.70 bits per heavy atom. The molecule has 0 aliphatic carbocycles. The van der Waals surface area contributed by atoms with Crippen LogP contribution in [-0.2, 0) is 0 Å². The van der Waals surface area contributed by atoms with Gasteiger partial charge in [-0.1, -0.05) is 0 Å². The second kappa shape index (κ2) is 4.66. The van der Waals surface area contributed by atoms with Gasteiger partial charge in [0.05, 0.1) is 0 Å². The second-order valence-electron chi connectivity index (χ2n) is 2.88. The van der Waals surface area contributed by atoms with E-state index in [0.717, 1.165) is 0 Å². The van der Waals surface area contributed by atoms with Crippen molar-refractivity contribution >= 4 is 0 Å². The monoisotopic (exact) mass is 145 g/mol. The Morgan fingerprint density at radius 1 is 1.20 bits per heavy atom. The van der Waals surface area contributed by atoms with E-state index in [1.165, 1.54) is 0 Å². The van der Waals surface area contributed by atoms with Crippen molar-refractivity contribution in [3.05, 3.63) is 0 Å². The summed E-state index contributed by atoms with van der Waals surface area (Å²) in [5.41, 5.74) is 11.0. The van der Waals surface area contributed by atoms with Crippen molar-refractivity contribution in [2.45, 2.75) is 25.9 Å². The van der Waals surface area contributed by atoms with Crippen LogP contribution < -0.4 is 11.5 Å². The lowest BCUT2D eigenvalue weighted by molar-refractivity contribution is 0.204. The molecule has 0 spiro atoms. The van der Waals surface area contributed by atoms with E-state index in [2.05, 4.69) is 25.8 Å². The molecule has 3 heteroatoms. The number of likely N-dealkylation sites (N-methyl/N-ethyl adjacent to an activating group) is 1. The molecular formula is C7H19N3. The molecule has 0 aromatic heterocycles. The van der Waals surface area contributed by atoms with Gasteiger partial charge in [0.15, 0.2) is 0 Å². The summed E-state index contributed by atoms with van der Waals surface area (Å²) < 4.78 is 0. The van der Waals surface area contributed by atoms with E-state index in [4.69, 9.17) is 11.5 Å². The first-order valence-corrected chi connectivity index (χ1v) is 3.75. The van der Waals surface area contributed by atoms with E-state index >= 15 is 0 Å². The van der Waals surface area contributed by atoms with E-state index in [0.29, 0.717) is 25.2 Å². The topological polar surface area (TPSA) is 55.3 Å². The molecule has 3 nitrogen and oxygen atoms in total. The van der Waals surface area contributed by atoms with Gasteiger partial charge in [0.2, 0.25) is 0 Å². The van der Waals surface area contributed by atoms with Crippen LogP contribution in [0.1, 0.15) is 13.8 Å². The third-order valence-corrected chi connectivity index (χ3v) is 1.93. The predicted molar refractivity (Wildman–Crippen MR) is 44.8 cm³/mol. The SMILES string of the molecule is CC(C)N(C)C(CN)CN. The van der Waals surface area contributed by atoms with Crippen molar-refractivity contribution < 1.29 is 0 Å². The highest BCUT2D eigenvalue weighted by atomic mass is 15.2. The molecule has 0 amide bonds. The zero-order valence-electron chi connectivity index (χ0n) is 7.17. The highest BCUT2D eigenvalue weighted by molar-refractivity contribution is 4.72. The van der Waals surface area contributed by atoms with Crippen LogP contribution in [0.3, 0.4) is 0 Å². The second-order valence-corrected chi connectivity index (χ2v) is 2.88. The molecule has 0 radical (unpaired) electrons. The molecule has 62 valence electrons. The van der Waals surface area contributed by atoms with Crippen LogP contribution in [0.15, 0.2) is 0 Å². The number of hydrogen-bond donors (Lipinski definition) is 2. The van der Waals surface area contributed by atoms with Crippen molar-refractivity contribution in [2.24, 2.45) is 11.5 Å². The number of nitrogens with two attached hydrogens (primary N) is 2. The number of nitrogens with zero attached hydrogens (tertiary/aromatic N) is 1. The van der Waals surface area contributed by atoms with Gasteiger partial charge in [-0.3, -0.25) is 4.90 Å². The van der Waals surface area contributed by atoms with E-state index < -0.39 is 0 Å². The van der Waals surface area contributed by atoms with E-state index in [1.54, 1.807) is 0 Å². The van der Waals surface area contributed by atoms with Gasteiger partial charge >= 0.3 is 0 Å². The normalized spacial score (nSPS) is 12.0. The van der Waals surface area contributed by atoms with Gasteiger partial charge in [0.25, 0.3) is 0 Å². The smallest absolute Gasteiger partial charge is 0.0340 e. The summed E-state index contributed by atoms with van der Waals surface area (Å²) in [5, 5.41) is 0. The van der Waals surface area contributed by atoms with Crippen LogP contribution in [0.4, 0.5) is 0 Å². The third-order valence-electron chi connectivity index (χ3n) is 1.93. The van der Waals surface area contributed by atoms with Gasteiger partial charge in [-0.2, -0.15) is 0 Å². The Morgan fingerprint density at radius 2 is 1.60 bits per heavy atom. The third kappa shape index (κ3) is 2.64. The first kappa shape index (κ1) is 9.88. The molecule has 10 heavy (non-hydrogen) atoms. The minimum Gasteiger partial charge on any atom is -0.329 e. The molecule has 0 aliphatic heterocycles. The van der Waals surface area contributed by atoms with Gasteiger partial charge in [0, 0.05) is 25.2 Å². The van der Waals surface area contributed by atoms with E-state index in [9.17, 15) is 0 Å². The Balaban J connectivity index is 3.76. The molecule has 0 rings (SSSR count). The Labute approximate surface area is 63.4 Å². The van der Waals surface area contributed by atoms with Gasteiger partial charge in [-0.25, -0.2) is 0 Å². The minimum absolute atomic E-state index is 0.333. The van der Waals surface area contributed by atoms with Crippen LogP contribution in [-0.4, -0.2) is 37.1 Å². The van der Waals surface area contributed by atoms with Gasteiger partial charge in [0.1, 0.15) is 0 Å². The fourth-order valence-electron chi connectivity index (χ4n) is 0.850. The van der Waals surface area contributed by atoms with Crippen LogP contribution in [0.25, 0.3) is 0 Å². The molecule has 0 atom stereocenters. The standard InChI is InChI=1S/C7H19N3/c1-6(2)10(3)7(4-8)5-9/h6-7H,4-5,8-9H2,1-3H3. The Hall–Kier alpha value is -0.120. The van der Waals surface area contributed by atoms with Crippen molar-refractivity contribution in [2.75, 3.05) is 20.1 Å². The van der Waals surface area contributed by atoms with Crippen molar-refractivity contribution in [3.63, 3.8) is 0 Å².